The number of esters is 4. The number of carbonyl (C=O) groups excluding carboxylic acids is 5. The van der Waals surface area contributed by atoms with Gasteiger partial charge in [-0.25, -0.2) is 28.8 Å². The summed E-state index contributed by atoms with van der Waals surface area (Å²) in [6.07, 6.45) is -2.72. The predicted octanol–water partition coefficient (Wildman–Crippen LogP) is 6.94. The van der Waals surface area contributed by atoms with Crippen molar-refractivity contribution in [1.82, 2.24) is 39.0 Å². The third kappa shape index (κ3) is 23.6. The van der Waals surface area contributed by atoms with Gasteiger partial charge in [0.15, 0.2) is 41.7 Å². The monoisotopic (exact) mass is 1380 g/mol. The molecule has 84 heavy (non-hydrogen) atoms. The highest BCUT2D eigenvalue weighted by molar-refractivity contribution is 15.0. The van der Waals surface area contributed by atoms with E-state index in [9.17, 15) is 38.4 Å². The van der Waals surface area contributed by atoms with Crippen LogP contribution in [0.3, 0.4) is 0 Å². The Hall–Kier alpha value is -8.78. The van der Waals surface area contributed by atoms with Gasteiger partial charge in [-0.1, -0.05) is 135 Å². The molecule has 2 unspecified atom stereocenters. The molecule has 0 fully saturated rings. The summed E-state index contributed by atoms with van der Waals surface area (Å²) in [6, 6.07) is 39.1. The maximum Gasteiger partial charge on any atom is 0.347 e. The first-order chi connectivity index (χ1) is 40.3. The van der Waals surface area contributed by atoms with Crippen LogP contribution in [-0.4, -0.2) is 117 Å². The number of amides is 1. The Balaban J connectivity index is 0.000000311. The van der Waals surface area contributed by atoms with Gasteiger partial charge in [0.1, 0.15) is 17.6 Å². The largest absolute Gasteiger partial charge is 0.479 e. The fourth-order valence-corrected chi connectivity index (χ4v) is 6.86. The number of rotatable bonds is 19. The van der Waals surface area contributed by atoms with E-state index in [1.165, 1.54) is 25.3 Å². The average Bonchev–Trinajstić information content (AvgIpc) is 2.26. The van der Waals surface area contributed by atoms with Crippen molar-refractivity contribution in [2.24, 2.45) is 0 Å². The number of nitrogens with one attached hydrogen (secondary N) is 5. The number of nitrogens with two attached hydrogens (primary N) is 1. The maximum atomic E-state index is 12.6. The molecular formula is C56H66I2N12O14. The highest BCUT2D eigenvalue weighted by atomic mass is 128. The molecule has 0 aliphatic heterocycles. The number of hydrogen-bond acceptors (Lipinski definition) is 20. The molecule has 28 heteroatoms. The molecule has 8 rings (SSSR count). The lowest BCUT2D eigenvalue weighted by Gasteiger charge is -2.14. The minimum absolute atomic E-state index is 0.211. The molecule has 4 aromatic carbocycles. The van der Waals surface area contributed by atoms with Crippen LogP contribution in [0.2, 0.25) is 0 Å². The third-order valence-electron chi connectivity index (χ3n) is 10.6. The second-order valence-electron chi connectivity index (χ2n) is 16.9. The number of carboxylic acids is 1. The number of carbonyl (C=O) groups is 6. The molecule has 0 spiro atoms. The number of benzene rings is 4. The van der Waals surface area contributed by atoms with Crippen molar-refractivity contribution in [1.29, 1.82) is 0 Å². The van der Waals surface area contributed by atoms with Gasteiger partial charge >= 0.3 is 41.2 Å². The van der Waals surface area contributed by atoms with E-state index in [4.69, 9.17) is 15.9 Å². The number of fused-ring (bicyclic) bond motifs is 2. The molecule has 0 saturated heterocycles. The molecule has 0 saturated carbocycles. The predicted molar refractivity (Wildman–Crippen MR) is 332 cm³/mol. The standard InChI is InChI=1S/C21H20N6O2.C19H18N6O.C10H14O9.C4H8O2.C2H6.I2/c1-14(28)23-18-17-19(26-20(25-18)22-12-15-8-4-2-5-9-15)27(21(29)24-17)13-16-10-6-3-7-11-16;20-16-15-17(24-18(23-16)21-11-13-7-3-1-4-8-13)25(19(26)22-15)12-14-9-5-2-6-10-14;1-5(9(14)15)19-10(16)6(2)18-8(13)4-17-7(12)3-11;1-3-6-4(2)5;2*1-2/h2-11H,12-13H2,1H3,(H,24,29)(H2,22,23,25,26,28);1-10H,11-12H2,(H,22,26)(H3,20,21,23,24);5-6,11H,3-4H2,1-2H3,(H,14,15);3H2,1-2H3;1-2H3;. The average molecular weight is 1390 g/mol. The summed E-state index contributed by atoms with van der Waals surface area (Å²) in [7, 11) is 0. The van der Waals surface area contributed by atoms with Crippen LogP contribution in [-0.2, 0) is 73.9 Å². The van der Waals surface area contributed by atoms with E-state index in [0.717, 1.165) is 29.2 Å². The van der Waals surface area contributed by atoms with E-state index in [0.29, 0.717) is 67.0 Å². The minimum Gasteiger partial charge on any atom is -0.479 e. The van der Waals surface area contributed by atoms with Crippen LogP contribution in [0.4, 0.5) is 23.5 Å². The molecule has 9 N–H and O–H groups in total. The van der Waals surface area contributed by atoms with E-state index in [1.54, 1.807) is 11.5 Å². The van der Waals surface area contributed by atoms with Crippen LogP contribution in [0.15, 0.2) is 131 Å². The van der Waals surface area contributed by atoms with Crippen molar-refractivity contribution in [2.75, 3.05) is 41.5 Å². The summed E-state index contributed by atoms with van der Waals surface area (Å²) in [5, 5.41) is 25.8. The Bertz CT molecular complexity index is 3480. The summed E-state index contributed by atoms with van der Waals surface area (Å²) in [4.78, 5) is 113. The molecule has 448 valence electrons. The Morgan fingerprint density at radius 1 is 0.619 bits per heavy atom. The smallest absolute Gasteiger partial charge is 0.347 e. The number of nitrogen functional groups attached to an aromatic ring is 1. The van der Waals surface area contributed by atoms with Crippen molar-refractivity contribution in [3.8, 4) is 0 Å². The molecule has 0 aliphatic rings. The quantitative estimate of drug-likeness (QED) is 0.0231. The van der Waals surface area contributed by atoms with Crippen molar-refractivity contribution in [3.05, 3.63) is 165 Å². The zero-order valence-electron chi connectivity index (χ0n) is 47.0. The van der Waals surface area contributed by atoms with Crippen molar-refractivity contribution in [3.63, 3.8) is 0 Å². The number of hydrogen-bond donors (Lipinski definition) is 8. The van der Waals surface area contributed by atoms with Crippen LogP contribution >= 0.6 is 37.2 Å². The molecule has 26 nitrogen and oxygen atoms in total. The zero-order valence-corrected chi connectivity index (χ0v) is 51.3. The lowest BCUT2D eigenvalue weighted by molar-refractivity contribution is -0.177. The molecule has 0 aliphatic carbocycles. The van der Waals surface area contributed by atoms with Gasteiger partial charge in [0, 0.05) is 64.2 Å². The Morgan fingerprint density at radius 2 is 1.05 bits per heavy atom. The molecule has 0 radical (unpaired) electrons. The van der Waals surface area contributed by atoms with Gasteiger partial charge in [-0.2, -0.15) is 19.9 Å². The molecule has 0 bridgehead atoms. The van der Waals surface area contributed by atoms with Gasteiger partial charge in [-0.15, -0.1) is 0 Å². The molecule has 4 heterocycles. The molecule has 1 amide bonds. The number of aromatic nitrogens is 8. The van der Waals surface area contributed by atoms with Gasteiger partial charge in [-0.3, -0.25) is 18.7 Å². The number of halogens is 2. The lowest BCUT2D eigenvalue weighted by atomic mass is 10.2. The first kappa shape index (κ1) is 69.5. The zero-order chi connectivity index (χ0) is 62.1. The van der Waals surface area contributed by atoms with E-state index in [1.807, 2.05) is 135 Å². The fourth-order valence-electron chi connectivity index (χ4n) is 6.86. The van der Waals surface area contributed by atoms with Gasteiger partial charge < -0.3 is 60.8 Å². The van der Waals surface area contributed by atoms with E-state index < -0.39 is 49.3 Å². The second-order valence-corrected chi connectivity index (χ2v) is 16.9. The van der Waals surface area contributed by atoms with E-state index in [2.05, 4.69) is 102 Å². The number of H-pyrrole nitrogens is 2. The number of carboxylic acid groups (broad SMARTS) is 1. The summed E-state index contributed by atoms with van der Waals surface area (Å²) >= 11 is 4.24. The topological polar surface area (TPSA) is 369 Å². The van der Waals surface area contributed by atoms with Gasteiger partial charge in [0.25, 0.3) is 0 Å². The molecule has 8 aromatic rings. The van der Waals surface area contributed by atoms with Crippen LogP contribution < -0.4 is 33.1 Å². The maximum absolute atomic E-state index is 12.6. The molecular weight excluding hydrogens is 1320 g/mol. The lowest BCUT2D eigenvalue weighted by Crippen LogP contribution is -2.33. The number of aromatic amines is 2. The minimum atomic E-state index is -1.37. The summed E-state index contributed by atoms with van der Waals surface area (Å²) < 4.78 is 20.7. The number of imidazole rings is 2. The molecule has 2 atom stereocenters. The van der Waals surface area contributed by atoms with Crippen LogP contribution in [0, 0.1) is 0 Å². The molecule has 4 aromatic heterocycles. The van der Waals surface area contributed by atoms with Gasteiger partial charge in [0.2, 0.25) is 17.8 Å². The normalized spacial score (nSPS) is 10.7. The van der Waals surface area contributed by atoms with Crippen molar-refractivity contribution < 1.29 is 57.9 Å². The highest BCUT2D eigenvalue weighted by Crippen LogP contribution is 2.21. The first-order valence-corrected chi connectivity index (χ1v) is 32.0. The number of ether oxygens (including phenoxy) is 4. The summed E-state index contributed by atoms with van der Waals surface area (Å²) in [6.45, 7) is 11.5. The van der Waals surface area contributed by atoms with Crippen molar-refractivity contribution >= 4 is 119 Å². The Morgan fingerprint density at radius 3 is 1.45 bits per heavy atom. The summed E-state index contributed by atoms with van der Waals surface area (Å²) in [5.74, 6) is -3.71. The second kappa shape index (κ2) is 37.3. The highest BCUT2D eigenvalue weighted by Gasteiger charge is 2.25. The first-order valence-electron chi connectivity index (χ1n) is 25.7. The van der Waals surface area contributed by atoms with Crippen LogP contribution in [0.25, 0.3) is 22.3 Å². The van der Waals surface area contributed by atoms with E-state index >= 15 is 0 Å². The van der Waals surface area contributed by atoms with E-state index in [-0.39, 0.29) is 34.9 Å². The number of nitrogens with zero attached hydrogens (tertiary/aromatic N) is 6. The van der Waals surface area contributed by atoms with Gasteiger partial charge in [-0.05, 0) is 43.0 Å². The van der Waals surface area contributed by atoms with Gasteiger partial charge in [0.05, 0.1) is 19.7 Å². The number of aliphatic hydroxyl groups is 1. The van der Waals surface area contributed by atoms with Crippen LogP contribution in [0.5, 0.6) is 0 Å². The third-order valence-corrected chi connectivity index (χ3v) is 10.6. The Labute approximate surface area is 505 Å². The summed E-state index contributed by atoms with van der Waals surface area (Å²) in [5.41, 5.74) is 11.4. The number of aliphatic hydroxyl groups excluding tert-OH is 1. The number of anilines is 4. The Kier molecular flexibility index (Phi) is 30.9. The fraction of sp³-hybridized carbons (Fsp3) is 0.286. The van der Waals surface area contributed by atoms with Crippen LogP contribution in [0.1, 0.15) is 70.7 Å². The van der Waals surface area contributed by atoms with Crippen molar-refractivity contribution in [2.45, 2.75) is 86.9 Å². The SMILES string of the molecule is CC.CC(=O)Nc1nc(NCc2ccccc2)nc2c1[nH]c(=O)n2Cc1ccccc1.CC(OC(=O)C(C)OC(=O)COC(=O)CO)C(=O)O.CCOC(C)=O.II.Nc1nc(NCc2ccccc2)nc2c1[nH]c(=O)n2Cc1ccccc1. The number of aliphatic carboxylic acids is 1.